The maximum Gasteiger partial charge on any atom is 0.185 e. The van der Waals surface area contributed by atoms with E-state index in [1.54, 1.807) is 11.3 Å². The molecule has 1 aromatic heterocycles. The summed E-state index contributed by atoms with van der Waals surface area (Å²) in [6.45, 7) is 7.20. The van der Waals surface area contributed by atoms with Gasteiger partial charge in [-0.25, -0.2) is 4.98 Å². The molecule has 0 saturated carbocycles. The lowest BCUT2D eigenvalue weighted by Gasteiger charge is -2.16. The largest absolute Gasteiger partial charge is 0.349 e. The van der Waals surface area contributed by atoms with Gasteiger partial charge in [0.2, 0.25) is 0 Å². The van der Waals surface area contributed by atoms with Crippen molar-refractivity contribution < 1.29 is 0 Å². The Morgan fingerprint density at radius 3 is 2.53 bits per heavy atom. The summed E-state index contributed by atoms with van der Waals surface area (Å²) in [7, 11) is 3.98. The molecule has 0 fully saturated rings. The summed E-state index contributed by atoms with van der Waals surface area (Å²) in [5.41, 5.74) is 3.24. The van der Waals surface area contributed by atoms with Crippen LogP contribution in [0.25, 0.3) is 0 Å². The van der Waals surface area contributed by atoms with Gasteiger partial charge < -0.3 is 4.90 Å². The van der Waals surface area contributed by atoms with Gasteiger partial charge in [0.1, 0.15) is 0 Å². The summed E-state index contributed by atoms with van der Waals surface area (Å²) < 4.78 is 0. The fourth-order valence-corrected chi connectivity index (χ4v) is 2.22. The standard InChI is InChI=1S/C10H20N4S/c1-5-14(6-2)10-11-7-9(15-10)8-12-13(3)4/h7,12H,5-6,8H2,1-4H3. The minimum atomic E-state index is 0.853. The van der Waals surface area contributed by atoms with Crippen molar-refractivity contribution in [2.75, 3.05) is 32.1 Å². The highest BCUT2D eigenvalue weighted by atomic mass is 32.1. The van der Waals surface area contributed by atoms with Crippen LogP contribution in [0, 0.1) is 0 Å². The molecule has 0 radical (unpaired) electrons. The van der Waals surface area contributed by atoms with Crippen molar-refractivity contribution >= 4 is 16.5 Å². The fourth-order valence-electron chi connectivity index (χ4n) is 1.26. The van der Waals surface area contributed by atoms with Crippen LogP contribution in [-0.4, -0.2) is 37.2 Å². The summed E-state index contributed by atoms with van der Waals surface area (Å²) in [4.78, 5) is 7.96. The maximum atomic E-state index is 4.42. The zero-order valence-corrected chi connectivity index (χ0v) is 10.8. The number of hydrogen-bond donors (Lipinski definition) is 1. The predicted molar refractivity (Wildman–Crippen MR) is 66.2 cm³/mol. The summed E-state index contributed by atoms with van der Waals surface area (Å²) in [5.74, 6) is 0. The summed E-state index contributed by atoms with van der Waals surface area (Å²) >= 11 is 1.76. The molecule has 1 N–H and O–H groups in total. The van der Waals surface area contributed by atoms with Crippen LogP contribution in [0.1, 0.15) is 18.7 Å². The van der Waals surface area contributed by atoms with Gasteiger partial charge in [0.15, 0.2) is 5.13 Å². The van der Waals surface area contributed by atoms with Gasteiger partial charge in [0, 0.05) is 44.8 Å². The minimum absolute atomic E-state index is 0.853. The van der Waals surface area contributed by atoms with Crippen molar-refractivity contribution in [2.24, 2.45) is 0 Å². The van der Waals surface area contributed by atoms with E-state index >= 15 is 0 Å². The van der Waals surface area contributed by atoms with Crippen LogP contribution < -0.4 is 10.3 Å². The van der Waals surface area contributed by atoms with E-state index in [1.807, 2.05) is 25.3 Å². The van der Waals surface area contributed by atoms with Gasteiger partial charge in [-0.15, -0.1) is 11.3 Å². The lowest BCUT2D eigenvalue weighted by molar-refractivity contribution is 0.287. The van der Waals surface area contributed by atoms with Gasteiger partial charge in [-0.3, -0.25) is 10.4 Å². The zero-order chi connectivity index (χ0) is 11.3. The molecule has 5 heteroatoms. The first-order valence-corrected chi connectivity index (χ1v) is 6.09. The fraction of sp³-hybridized carbons (Fsp3) is 0.700. The Hall–Kier alpha value is -0.650. The second kappa shape index (κ2) is 6.05. The molecule has 1 heterocycles. The van der Waals surface area contributed by atoms with Crippen molar-refractivity contribution in [1.29, 1.82) is 0 Å². The molecular formula is C10H20N4S. The molecule has 1 aromatic rings. The van der Waals surface area contributed by atoms with Crippen LogP contribution in [0.4, 0.5) is 5.13 Å². The summed E-state index contributed by atoms with van der Waals surface area (Å²) in [6.07, 6.45) is 1.95. The van der Waals surface area contributed by atoms with Gasteiger partial charge in [0.05, 0.1) is 0 Å². The first-order chi connectivity index (χ1) is 7.17. The van der Waals surface area contributed by atoms with Crippen LogP contribution in [0.2, 0.25) is 0 Å². The first kappa shape index (κ1) is 12.4. The number of thiazole rings is 1. The third-order valence-corrected chi connectivity index (χ3v) is 3.20. The highest BCUT2D eigenvalue weighted by molar-refractivity contribution is 7.15. The first-order valence-electron chi connectivity index (χ1n) is 5.27. The molecule has 0 aliphatic carbocycles. The van der Waals surface area contributed by atoms with E-state index in [0.717, 1.165) is 24.8 Å². The molecule has 1 rings (SSSR count). The number of aromatic nitrogens is 1. The molecule has 15 heavy (non-hydrogen) atoms. The number of nitrogens with one attached hydrogen (secondary N) is 1. The number of anilines is 1. The van der Waals surface area contributed by atoms with Gasteiger partial charge in [-0.05, 0) is 13.8 Å². The monoisotopic (exact) mass is 228 g/mol. The lowest BCUT2D eigenvalue weighted by atomic mass is 10.5. The van der Waals surface area contributed by atoms with Gasteiger partial charge in [-0.1, -0.05) is 0 Å². The van der Waals surface area contributed by atoms with Gasteiger partial charge >= 0.3 is 0 Å². The number of hydrazine groups is 1. The molecule has 4 nitrogen and oxygen atoms in total. The normalized spacial score (nSPS) is 11.0. The molecule has 86 valence electrons. The molecule has 0 saturated heterocycles. The zero-order valence-electron chi connectivity index (χ0n) is 9.95. The number of rotatable bonds is 6. The smallest absolute Gasteiger partial charge is 0.185 e. The van der Waals surface area contributed by atoms with E-state index in [4.69, 9.17) is 0 Å². The van der Waals surface area contributed by atoms with Crippen molar-refractivity contribution in [1.82, 2.24) is 15.4 Å². The highest BCUT2D eigenvalue weighted by Gasteiger charge is 2.07. The second-order valence-electron chi connectivity index (χ2n) is 3.51. The molecule has 0 aromatic carbocycles. The van der Waals surface area contributed by atoms with E-state index in [2.05, 4.69) is 29.2 Å². The SMILES string of the molecule is CCN(CC)c1ncc(CNN(C)C)s1. The average molecular weight is 228 g/mol. The van der Waals surface area contributed by atoms with Crippen molar-refractivity contribution in [3.8, 4) is 0 Å². The Morgan fingerprint density at radius 2 is 2.00 bits per heavy atom. The topological polar surface area (TPSA) is 31.4 Å². The van der Waals surface area contributed by atoms with E-state index in [1.165, 1.54) is 4.88 Å². The Labute approximate surface area is 95.9 Å². The Morgan fingerprint density at radius 1 is 1.33 bits per heavy atom. The minimum Gasteiger partial charge on any atom is -0.349 e. The van der Waals surface area contributed by atoms with E-state index in [9.17, 15) is 0 Å². The van der Waals surface area contributed by atoms with Gasteiger partial charge in [0.25, 0.3) is 0 Å². The molecule has 0 spiro atoms. The van der Waals surface area contributed by atoms with Crippen LogP contribution in [-0.2, 0) is 6.54 Å². The predicted octanol–water partition coefficient (Wildman–Crippen LogP) is 1.56. The Kier molecular flexibility index (Phi) is 5.01. The molecule has 0 aliphatic heterocycles. The Bertz CT molecular complexity index is 281. The average Bonchev–Trinajstić information content (AvgIpc) is 2.65. The van der Waals surface area contributed by atoms with E-state index in [0.29, 0.717) is 0 Å². The van der Waals surface area contributed by atoms with Gasteiger partial charge in [-0.2, -0.15) is 0 Å². The van der Waals surface area contributed by atoms with Crippen LogP contribution >= 0.6 is 11.3 Å². The Balaban J connectivity index is 2.55. The lowest BCUT2D eigenvalue weighted by Crippen LogP contribution is -2.29. The third kappa shape index (κ3) is 3.77. The summed E-state index contributed by atoms with van der Waals surface area (Å²) in [5, 5.41) is 3.08. The van der Waals surface area contributed by atoms with E-state index < -0.39 is 0 Å². The second-order valence-corrected chi connectivity index (χ2v) is 4.60. The van der Waals surface area contributed by atoms with Crippen molar-refractivity contribution in [2.45, 2.75) is 20.4 Å². The third-order valence-electron chi connectivity index (χ3n) is 2.14. The van der Waals surface area contributed by atoms with Crippen LogP contribution in [0.15, 0.2) is 6.20 Å². The van der Waals surface area contributed by atoms with Crippen molar-refractivity contribution in [3.05, 3.63) is 11.1 Å². The van der Waals surface area contributed by atoms with Crippen LogP contribution in [0.3, 0.4) is 0 Å². The number of nitrogens with zero attached hydrogens (tertiary/aromatic N) is 3. The molecule has 0 bridgehead atoms. The molecule has 0 atom stereocenters. The highest BCUT2D eigenvalue weighted by Crippen LogP contribution is 2.21. The summed E-state index contributed by atoms with van der Waals surface area (Å²) in [6, 6.07) is 0. The molecule has 0 amide bonds. The number of hydrogen-bond acceptors (Lipinski definition) is 5. The molecular weight excluding hydrogens is 208 g/mol. The van der Waals surface area contributed by atoms with Crippen LogP contribution in [0.5, 0.6) is 0 Å². The van der Waals surface area contributed by atoms with Crippen molar-refractivity contribution in [3.63, 3.8) is 0 Å². The quantitative estimate of drug-likeness (QED) is 0.749. The van der Waals surface area contributed by atoms with E-state index in [-0.39, 0.29) is 0 Å². The maximum absolute atomic E-state index is 4.42. The molecule has 0 aliphatic rings. The molecule has 0 unspecified atom stereocenters.